The highest BCUT2D eigenvalue weighted by Gasteiger charge is 2.31. The quantitative estimate of drug-likeness (QED) is 0.297. The molecule has 11 heteroatoms. The standard InChI is InChI=1S/C37H54N4O7/c1-25-20-41(26(2)23-42)36(43)31-18-29(38-37(44)39-30-14-16-33-34(19-30)47-24-46-33)13-15-32(31)48-27(3)10-8-9-17-45-35(25)22-40(4)21-28-11-6-5-7-12-28/h13-16,18-19,25-28,35,42H,5-12,17,20-24H2,1-4H3,(H2,38,39,44)/t25-,26+,27+,35+/m1/s1. The van der Waals surface area contributed by atoms with Crippen molar-refractivity contribution in [3.05, 3.63) is 42.0 Å². The first-order valence-corrected chi connectivity index (χ1v) is 17.7. The molecule has 11 nitrogen and oxygen atoms in total. The predicted octanol–water partition coefficient (Wildman–Crippen LogP) is 6.37. The molecule has 1 aliphatic carbocycles. The summed E-state index contributed by atoms with van der Waals surface area (Å²) in [6.45, 7) is 8.85. The van der Waals surface area contributed by atoms with Crippen LogP contribution in [0.2, 0.25) is 0 Å². The van der Waals surface area contributed by atoms with Crippen molar-refractivity contribution in [2.75, 3.05) is 57.3 Å². The van der Waals surface area contributed by atoms with Gasteiger partial charge < -0.3 is 44.5 Å². The van der Waals surface area contributed by atoms with Crippen LogP contribution in [0.4, 0.5) is 16.2 Å². The van der Waals surface area contributed by atoms with Gasteiger partial charge in [0.05, 0.1) is 30.4 Å². The fourth-order valence-electron chi connectivity index (χ4n) is 6.92. The number of hydrogen-bond donors (Lipinski definition) is 3. The molecule has 4 atom stereocenters. The molecular formula is C37H54N4O7. The highest BCUT2D eigenvalue weighted by atomic mass is 16.7. The van der Waals surface area contributed by atoms with Gasteiger partial charge in [-0.2, -0.15) is 0 Å². The van der Waals surface area contributed by atoms with Crippen molar-refractivity contribution in [1.82, 2.24) is 9.80 Å². The van der Waals surface area contributed by atoms with Gasteiger partial charge in [-0.15, -0.1) is 0 Å². The summed E-state index contributed by atoms with van der Waals surface area (Å²) in [7, 11) is 2.18. The zero-order chi connectivity index (χ0) is 34.0. The number of rotatable bonds is 8. The number of benzene rings is 2. The Labute approximate surface area is 285 Å². The Kier molecular flexibility index (Phi) is 12.8. The fraction of sp³-hybridized carbons (Fsp3) is 0.622. The molecule has 3 aliphatic rings. The fourth-order valence-corrected chi connectivity index (χ4v) is 6.92. The number of hydrogen-bond acceptors (Lipinski definition) is 8. The van der Waals surface area contributed by atoms with Crippen molar-refractivity contribution in [3.63, 3.8) is 0 Å². The SMILES string of the molecule is C[C@@H]1CN([C@@H](C)CO)C(=O)c2cc(NC(=O)Nc3ccc4c(c3)OCO4)ccc2O[C@@H](C)CCCCO[C@H]1CN(C)CC1CCCCC1. The van der Waals surface area contributed by atoms with Crippen molar-refractivity contribution >= 4 is 23.3 Å². The van der Waals surface area contributed by atoms with E-state index < -0.39 is 12.1 Å². The van der Waals surface area contributed by atoms with Gasteiger partial charge in [-0.1, -0.05) is 26.2 Å². The topological polar surface area (TPSA) is 122 Å². The second kappa shape index (κ2) is 17.2. The Morgan fingerprint density at radius 3 is 2.38 bits per heavy atom. The summed E-state index contributed by atoms with van der Waals surface area (Å²) >= 11 is 0. The van der Waals surface area contributed by atoms with E-state index in [1.807, 2.05) is 13.8 Å². The molecule has 0 bridgehead atoms. The molecule has 1 saturated carbocycles. The van der Waals surface area contributed by atoms with Crippen LogP contribution in [0.5, 0.6) is 17.2 Å². The number of nitrogens with zero attached hydrogens (tertiary/aromatic N) is 2. The third kappa shape index (κ3) is 9.76. The summed E-state index contributed by atoms with van der Waals surface area (Å²) in [5.74, 6) is 2.11. The maximum Gasteiger partial charge on any atom is 0.323 e. The van der Waals surface area contributed by atoms with Gasteiger partial charge in [-0.3, -0.25) is 4.79 Å². The largest absolute Gasteiger partial charge is 0.490 e. The van der Waals surface area contributed by atoms with Crippen LogP contribution in [-0.4, -0.2) is 91.8 Å². The van der Waals surface area contributed by atoms with Gasteiger partial charge in [0.2, 0.25) is 6.79 Å². The minimum absolute atomic E-state index is 0.0109. The average molecular weight is 667 g/mol. The van der Waals surface area contributed by atoms with Gasteiger partial charge in [-0.05, 0) is 89.2 Å². The Bertz CT molecular complexity index is 1370. The Morgan fingerprint density at radius 2 is 1.62 bits per heavy atom. The highest BCUT2D eigenvalue weighted by Crippen LogP contribution is 2.34. The second-order valence-electron chi connectivity index (χ2n) is 13.9. The number of anilines is 2. The number of nitrogens with one attached hydrogen (secondary N) is 2. The lowest BCUT2D eigenvalue weighted by atomic mass is 9.89. The number of likely N-dealkylation sites (N-methyl/N-ethyl adjacent to an activating group) is 1. The molecule has 48 heavy (non-hydrogen) atoms. The first-order valence-electron chi connectivity index (χ1n) is 17.7. The molecular weight excluding hydrogens is 612 g/mol. The Hall–Kier alpha value is -3.54. The van der Waals surface area contributed by atoms with Gasteiger partial charge in [0.15, 0.2) is 11.5 Å². The molecule has 0 aromatic heterocycles. The summed E-state index contributed by atoms with van der Waals surface area (Å²) in [5, 5.41) is 15.9. The highest BCUT2D eigenvalue weighted by molar-refractivity contribution is 6.02. The zero-order valence-corrected chi connectivity index (χ0v) is 29.0. The summed E-state index contributed by atoms with van der Waals surface area (Å²) in [6.07, 6.45) is 9.03. The number of urea groups is 1. The van der Waals surface area contributed by atoms with Crippen LogP contribution in [0.1, 0.15) is 82.5 Å². The average Bonchev–Trinajstić information content (AvgIpc) is 3.54. The molecule has 0 unspecified atom stereocenters. The lowest BCUT2D eigenvalue weighted by Gasteiger charge is -2.36. The summed E-state index contributed by atoms with van der Waals surface area (Å²) < 4.78 is 23.7. The van der Waals surface area contributed by atoms with Crippen LogP contribution in [0.15, 0.2) is 36.4 Å². The number of fused-ring (bicyclic) bond motifs is 2. The Morgan fingerprint density at radius 1 is 0.938 bits per heavy atom. The number of aliphatic hydroxyl groups excluding tert-OH is 1. The van der Waals surface area contributed by atoms with Gasteiger partial charge in [-0.25, -0.2) is 4.79 Å². The van der Waals surface area contributed by atoms with Crippen LogP contribution in [0.3, 0.4) is 0 Å². The molecule has 2 aromatic carbocycles. The lowest BCUT2D eigenvalue weighted by Crippen LogP contribution is -2.47. The predicted molar refractivity (Wildman–Crippen MR) is 186 cm³/mol. The van der Waals surface area contributed by atoms with Gasteiger partial charge in [0.1, 0.15) is 5.75 Å². The lowest BCUT2D eigenvalue weighted by molar-refractivity contribution is -0.0190. The molecule has 2 aliphatic heterocycles. The minimum atomic E-state index is -0.469. The van der Waals surface area contributed by atoms with Crippen LogP contribution in [-0.2, 0) is 4.74 Å². The number of amides is 3. The molecule has 3 N–H and O–H groups in total. The zero-order valence-electron chi connectivity index (χ0n) is 29.0. The van der Waals surface area contributed by atoms with Gasteiger partial charge >= 0.3 is 6.03 Å². The van der Waals surface area contributed by atoms with E-state index in [0.29, 0.717) is 47.3 Å². The molecule has 0 saturated heterocycles. The smallest absolute Gasteiger partial charge is 0.323 e. The number of ether oxygens (including phenoxy) is 4. The minimum Gasteiger partial charge on any atom is -0.490 e. The van der Waals surface area contributed by atoms with E-state index in [1.54, 1.807) is 41.3 Å². The summed E-state index contributed by atoms with van der Waals surface area (Å²) in [5.41, 5.74) is 1.31. The second-order valence-corrected chi connectivity index (χ2v) is 13.9. The maximum absolute atomic E-state index is 14.4. The van der Waals surface area contributed by atoms with Crippen molar-refractivity contribution in [2.24, 2.45) is 11.8 Å². The molecule has 2 aromatic rings. The third-order valence-electron chi connectivity index (χ3n) is 9.73. The van der Waals surface area contributed by atoms with E-state index in [4.69, 9.17) is 18.9 Å². The van der Waals surface area contributed by atoms with Crippen LogP contribution >= 0.6 is 0 Å². The normalized spacial score (nSPS) is 23.2. The van der Waals surface area contributed by atoms with Crippen LogP contribution < -0.4 is 24.8 Å². The van der Waals surface area contributed by atoms with Crippen molar-refractivity contribution < 1.29 is 33.6 Å². The third-order valence-corrected chi connectivity index (χ3v) is 9.73. The van der Waals surface area contributed by atoms with Gasteiger partial charge in [0, 0.05) is 49.6 Å². The Balaban J connectivity index is 1.35. The molecule has 3 amide bonds. The number of carbonyl (C=O) groups is 2. The van der Waals surface area contributed by atoms with E-state index in [1.165, 1.54) is 32.1 Å². The van der Waals surface area contributed by atoms with Crippen LogP contribution in [0.25, 0.3) is 0 Å². The maximum atomic E-state index is 14.4. The van der Waals surface area contributed by atoms with E-state index in [-0.39, 0.29) is 37.4 Å². The first-order chi connectivity index (χ1) is 23.2. The van der Waals surface area contributed by atoms with E-state index in [0.717, 1.165) is 38.3 Å². The summed E-state index contributed by atoms with van der Waals surface area (Å²) in [4.78, 5) is 31.5. The van der Waals surface area contributed by atoms with Crippen molar-refractivity contribution in [1.29, 1.82) is 0 Å². The van der Waals surface area contributed by atoms with Crippen LogP contribution in [0, 0.1) is 11.8 Å². The number of aliphatic hydroxyl groups is 1. The summed E-state index contributed by atoms with van der Waals surface area (Å²) in [6, 6.07) is 9.39. The number of carbonyl (C=O) groups excluding carboxylic acids is 2. The van der Waals surface area contributed by atoms with Crippen molar-refractivity contribution in [2.45, 2.75) is 90.4 Å². The molecule has 1 fully saturated rings. The first kappa shape index (κ1) is 35.8. The van der Waals surface area contributed by atoms with E-state index in [2.05, 4.69) is 29.5 Å². The molecule has 2 heterocycles. The molecule has 0 spiro atoms. The molecule has 264 valence electrons. The monoisotopic (exact) mass is 666 g/mol. The van der Waals surface area contributed by atoms with Gasteiger partial charge in [0.25, 0.3) is 5.91 Å². The van der Waals surface area contributed by atoms with Crippen molar-refractivity contribution in [3.8, 4) is 17.2 Å². The molecule has 0 radical (unpaired) electrons. The van der Waals surface area contributed by atoms with E-state index >= 15 is 0 Å². The molecule has 5 rings (SSSR count). The van der Waals surface area contributed by atoms with E-state index in [9.17, 15) is 14.7 Å².